The number of rotatable bonds is 5. The predicted octanol–water partition coefficient (Wildman–Crippen LogP) is 4.06. The number of amides is 1. The van der Waals surface area contributed by atoms with E-state index in [4.69, 9.17) is 4.74 Å². The highest BCUT2D eigenvalue weighted by molar-refractivity contribution is 6.01. The number of anilines is 1. The van der Waals surface area contributed by atoms with Gasteiger partial charge in [-0.25, -0.2) is 4.79 Å². The molecule has 0 aliphatic carbocycles. The zero-order chi connectivity index (χ0) is 18.4. The van der Waals surface area contributed by atoms with Crippen LogP contribution in [-0.2, 0) is 22.1 Å². The molecule has 0 fully saturated rings. The molecule has 0 spiro atoms. The van der Waals surface area contributed by atoms with E-state index in [1.165, 1.54) is 24.3 Å². The Hall–Kier alpha value is -2.83. The number of nitrogens with one attached hydrogen (secondary N) is 1. The fourth-order valence-electron chi connectivity index (χ4n) is 2.22. The molecule has 132 valence electrons. The van der Waals surface area contributed by atoms with Crippen LogP contribution < -0.4 is 5.32 Å². The third-order valence-electron chi connectivity index (χ3n) is 3.32. The third-order valence-corrected chi connectivity index (χ3v) is 3.32. The molecule has 0 aliphatic rings. The minimum absolute atomic E-state index is 0.182. The van der Waals surface area contributed by atoms with E-state index in [1.54, 1.807) is 19.1 Å². The normalized spacial score (nSPS) is 11.0. The molecule has 1 amide bonds. The second-order valence-corrected chi connectivity index (χ2v) is 5.19. The number of hydrogen-bond donors (Lipinski definition) is 1. The van der Waals surface area contributed by atoms with Crippen LogP contribution in [0, 0.1) is 0 Å². The van der Waals surface area contributed by atoms with Crippen molar-refractivity contribution in [2.75, 3.05) is 11.9 Å². The number of esters is 1. The molecule has 4 nitrogen and oxygen atoms in total. The average molecular weight is 351 g/mol. The molecular weight excluding hydrogens is 335 g/mol. The van der Waals surface area contributed by atoms with Crippen LogP contribution in [0.1, 0.15) is 28.4 Å². The Labute approximate surface area is 142 Å². The Morgan fingerprint density at radius 2 is 1.80 bits per heavy atom. The van der Waals surface area contributed by atoms with Crippen LogP contribution in [0.25, 0.3) is 0 Å². The first-order chi connectivity index (χ1) is 11.8. The maximum Gasteiger partial charge on any atom is 0.416 e. The molecule has 2 aromatic carbocycles. The van der Waals surface area contributed by atoms with Gasteiger partial charge in [-0.15, -0.1) is 0 Å². The quantitative estimate of drug-likeness (QED) is 0.827. The first-order valence-corrected chi connectivity index (χ1v) is 7.53. The number of alkyl halides is 3. The average Bonchev–Trinajstić information content (AvgIpc) is 2.55. The van der Waals surface area contributed by atoms with E-state index in [1.807, 2.05) is 0 Å². The Balaban J connectivity index is 2.13. The zero-order valence-corrected chi connectivity index (χ0v) is 13.4. The van der Waals surface area contributed by atoms with Gasteiger partial charge in [0.15, 0.2) is 0 Å². The van der Waals surface area contributed by atoms with Gasteiger partial charge in [-0.05, 0) is 30.7 Å². The van der Waals surface area contributed by atoms with Gasteiger partial charge in [0, 0.05) is 0 Å². The summed E-state index contributed by atoms with van der Waals surface area (Å²) in [5.41, 5.74) is -0.162. The van der Waals surface area contributed by atoms with E-state index >= 15 is 0 Å². The van der Waals surface area contributed by atoms with Crippen molar-refractivity contribution in [3.63, 3.8) is 0 Å². The second-order valence-electron chi connectivity index (χ2n) is 5.19. The molecule has 0 unspecified atom stereocenters. The molecule has 2 rings (SSSR count). The molecule has 0 saturated carbocycles. The summed E-state index contributed by atoms with van der Waals surface area (Å²) in [5.74, 6) is -1.12. The van der Waals surface area contributed by atoms with Crippen molar-refractivity contribution >= 4 is 17.6 Å². The molecule has 7 heteroatoms. The van der Waals surface area contributed by atoms with E-state index in [9.17, 15) is 22.8 Å². The number of benzene rings is 2. The van der Waals surface area contributed by atoms with Gasteiger partial charge in [0.1, 0.15) is 0 Å². The lowest BCUT2D eigenvalue weighted by Gasteiger charge is -2.11. The molecule has 0 atom stereocenters. The molecule has 1 N–H and O–H groups in total. The molecule has 0 heterocycles. The summed E-state index contributed by atoms with van der Waals surface area (Å²) < 4.78 is 43.1. The van der Waals surface area contributed by atoms with Gasteiger partial charge in [-0.1, -0.05) is 30.3 Å². The largest absolute Gasteiger partial charge is 0.462 e. The van der Waals surface area contributed by atoms with Crippen molar-refractivity contribution in [3.05, 3.63) is 65.2 Å². The van der Waals surface area contributed by atoms with Crippen LogP contribution >= 0.6 is 0 Å². The summed E-state index contributed by atoms with van der Waals surface area (Å²) in [7, 11) is 0. The molecule has 0 aromatic heterocycles. The van der Waals surface area contributed by atoms with Crippen molar-refractivity contribution in [1.29, 1.82) is 0 Å². The highest BCUT2D eigenvalue weighted by Crippen LogP contribution is 2.29. The van der Waals surface area contributed by atoms with Crippen LogP contribution in [0.2, 0.25) is 0 Å². The highest BCUT2D eigenvalue weighted by atomic mass is 19.4. The lowest BCUT2D eigenvalue weighted by atomic mass is 10.1. The van der Waals surface area contributed by atoms with Crippen LogP contribution in [0.5, 0.6) is 0 Å². The zero-order valence-electron chi connectivity index (χ0n) is 13.4. The number of ether oxygens (including phenoxy) is 1. The van der Waals surface area contributed by atoms with Crippen LogP contribution in [0.4, 0.5) is 18.9 Å². The molecular formula is C18H16F3NO3. The van der Waals surface area contributed by atoms with Gasteiger partial charge >= 0.3 is 12.1 Å². The lowest BCUT2D eigenvalue weighted by molar-refractivity contribution is -0.137. The van der Waals surface area contributed by atoms with Crippen molar-refractivity contribution in [2.45, 2.75) is 19.5 Å². The summed E-state index contributed by atoms with van der Waals surface area (Å²) >= 11 is 0. The first-order valence-electron chi connectivity index (χ1n) is 7.53. The summed E-state index contributed by atoms with van der Waals surface area (Å²) in [6, 6.07) is 10.8. The molecule has 0 radical (unpaired) electrons. The van der Waals surface area contributed by atoms with Crippen molar-refractivity contribution < 1.29 is 27.5 Å². The van der Waals surface area contributed by atoms with Gasteiger partial charge < -0.3 is 10.1 Å². The fraction of sp³-hybridized carbons (Fsp3) is 0.222. The summed E-state index contributed by atoms with van der Waals surface area (Å²) in [6.07, 6.45) is -4.72. The summed E-state index contributed by atoms with van der Waals surface area (Å²) in [5, 5.41) is 2.54. The SMILES string of the molecule is CCOC(=O)c1ccccc1NC(=O)Cc1cccc(C(F)(F)F)c1. The minimum Gasteiger partial charge on any atom is -0.462 e. The monoisotopic (exact) mass is 351 g/mol. The van der Waals surface area contributed by atoms with Crippen molar-refractivity contribution in [1.82, 2.24) is 0 Å². The topological polar surface area (TPSA) is 55.4 Å². The number of para-hydroxylation sites is 1. The molecule has 0 bridgehead atoms. The summed E-state index contributed by atoms with van der Waals surface area (Å²) in [4.78, 5) is 24.0. The van der Waals surface area contributed by atoms with Crippen molar-refractivity contribution in [3.8, 4) is 0 Å². The maximum atomic E-state index is 12.7. The van der Waals surface area contributed by atoms with E-state index in [2.05, 4.69) is 5.32 Å². The van der Waals surface area contributed by atoms with Crippen LogP contribution in [0.15, 0.2) is 48.5 Å². The van der Waals surface area contributed by atoms with E-state index < -0.39 is 23.6 Å². The number of halogens is 3. The van der Waals surface area contributed by atoms with E-state index in [0.717, 1.165) is 12.1 Å². The lowest BCUT2D eigenvalue weighted by Crippen LogP contribution is -2.18. The Morgan fingerprint density at radius 1 is 1.08 bits per heavy atom. The minimum atomic E-state index is -4.47. The van der Waals surface area contributed by atoms with Gasteiger partial charge in [0.25, 0.3) is 0 Å². The van der Waals surface area contributed by atoms with Crippen LogP contribution in [0.3, 0.4) is 0 Å². The van der Waals surface area contributed by atoms with E-state index in [-0.39, 0.29) is 29.8 Å². The molecule has 25 heavy (non-hydrogen) atoms. The smallest absolute Gasteiger partial charge is 0.416 e. The number of hydrogen-bond acceptors (Lipinski definition) is 3. The predicted molar refractivity (Wildman–Crippen MR) is 86.2 cm³/mol. The van der Waals surface area contributed by atoms with Gasteiger partial charge in [0.2, 0.25) is 5.91 Å². The summed E-state index contributed by atoms with van der Waals surface area (Å²) in [6.45, 7) is 1.85. The standard InChI is InChI=1S/C18H16F3NO3/c1-2-25-17(24)14-8-3-4-9-15(14)22-16(23)11-12-6-5-7-13(10-12)18(19,20)21/h3-10H,2,11H2,1H3,(H,22,23). The second kappa shape index (κ2) is 7.83. The Kier molecular flexibility index (Phi) is 5.80. The molecule has 0 aliphatic heterocycles. The highest BCUT2D eigenvalue weighted by Gasteiger charge is 2.30. The van der Waals surface area contributed by atoms with Gasteiger partial charge in [-0.3, -0.25) is 4.79 Å². The van der Waals surface area contributed by atoms with Gasteiger partial charge in [0.05, 0.1) is 29.8 Å². The number of carbonyl (C=O) groups excluding carboxylic acids is 2. The first kappa shape index (κ1) is 18.5. The third kappa shape index (κ3) is 5.07. The van der Waals surface area contributed by atoms with Crippen molar-refractivity contribution in [2.24, 2.45) is 0 Å². The maximum absolute atomic E-state index is 12.7. The Bertz CT molecular complexity index is 772. The fourth-order valence-corrected chi connectivity index (χ4v) is 2.22. The molecule has 2 aromatic rings. The van der Waals surface area contributed by atoms with E-state index in [0.29, 0.717) is 0 Å². The van der Waals surface area contributed by atoms with Gasteiger partial charge in [-0.2, -0.15) is 13.2 Å². The number of carbonyl (C=O) groups is 2. The molecule has 0 saturated heterocycles. The van der Waals surface area contributed by atoms with Crippen LogP contribution in [-0.4, -0.2) is 18.5 Å². The Morgan fingerprint density at radius 3 is 2.48 bits per heavy atom.